The van der Waals surface area contributed by atoms with E-state index in [0.717, 1.165) is 25.2 Å². The summed E-state index contributed by atoms with van der Waals surface area (Å²) in [5.41, 5.74) is 0.412. The molecule has 0 saturated carbocycles. The number of ether oxygens (including phenoxy) is 2. The normalized spacial score (nSPS) is 19.1. The summed E-state index contributed by atoms with van der Waals surface area (Å²) in [4.78, 5) is 6.42. The summed E-state index contributed by atoms with van der Waals surface area (Å²) in [7, 11) is -0.148. The molecule has 1 aromatic heterocycles. The van der Waals surface area contributed by atoms with Crippen LogP contribution in [0, 0.1) is 29.4 Å². The van der Waals surface area contributed by atoms with Gasteiger partial charge in [-0.2, -0.15) is 4.39 Å². The van der Waals surface area contributed by atoms with Gasteiger partial charge in [-0.25, -0.2) is 26.5 Å². The Morgan fingerprint density at radius 3 is 2.35 bits per heavy atom. The van der Waals surface area contributed by atoms with E-state index < -0.39 is 44.1 Å². The highest BCUT2D eigenvalue weighted by Crippen LogP contribution is 2.41. The summed E-state index contributed by atoms with van der Waals surface area (Å²) in [6, 6.07) is 9.07. The van der Waals surface area contributed by atoms with Crippen molar-refractivity contribution in [3.8, 4) is 11.5 Å². The van der Waals surface area contributed by atoms with Crippen LogP contribution in [0.4, 0.5) is 24.7 Å². The zero-order chi connectivity index (χ0) is 28.8. The van der Waals surface area contributed by atoms with Crippen molar-refractivity contribution >= 4 is 33.1 Å². The van der Waals surface area contributed by atoms with Crippen LogP contribution >= 0.6 is 11.6 Å². The molecule has 2 saturated heterocycles. The quantitative estimate of drug-likeness (QED) is 0.279. The highest BCUT2D eigenvalue weighted by Gasteiger charge is 2.41. The van der Waals surface area contributed by atoms with Gasteiger partial charge in [0.1, 0.15) is 28.2 Å². The van der Waals surface area contributed by atoms with E-state index in [-0.39, 0.29) is 17.3 Å². The lowest BCUT2D eigenvalue weighted by Gasteiger charge is -2.27. The number of rotatable bonds is 8. The van der Waals surface area contributed by atoms with Crippen LogP contribution in [0.5, 0.6) is 11.5 Å². The van der Waals surface area contributed by atoms with Gasteiger partial charge in [-0.15, -0.1) is 0 Å². The highest BCUT2D eigenvalue weighted by molar-refractivity contribution is 7.92. The van der Waals surface area contributed by atoms with E-state index in [0.29, 0.717) is 40.5 Å². The minimum atomic E-state index is -5.00. The molecule has 2 aliphatic heterocycles. The lowest BCUT2D eigenvalue weighted by Crippen LogP contribution is -2.33. The average Bonchev–Trinajstić information content (AvgIpc) is 3.46. The van der Waals surface area contributed by atoms with Gasteiger partial charge in [-0.05, 0) is 43.1 Å². The molecule has 0 amide bonds. The van der Waals surface area contributed by atoms with Crippen LogP contribution in [0.2, 0.25) is 5.02 Å². The summed E-state index contributed by atoms with van der Waals surface area (Å²) in [6.07, 6.45) is 0. The molecule has 2 aliphatic rings. The fourth-order valence-electron chi connectivity index (χ4n) is 5.53. The van der Waals surface area contributed by atoms with Crippen LogP contribution in [0.15, 0.2) is 47.4 Å². The second-order valence-corrected chi connectivity index (χ2v) is 12.2. The fraction of sp³-hybridized carbons (Fsp3) is 0.370. The van der Waals surface area contributed by atoms with Crippen LogP contribution in [-0.2, 0) is 16.6 Å². The molecular formula is C27H28ClF3N4O4S. The molecule has 2 unspecified atom stereocenters. The standard InChI is InChI=1S/C27H28ClF3N4O4S/c1-33-11-17-13-34(14-18(17)12-33)21-10-20(29)27(26(31)25(21)28)40(36,37)35(24-6-4-5-23(30)32-24)15-16-7-8-19(38-2)9-22(16)39-3/h4-10,17-18H,11-15H2,1-3H3. The van der Waals surface area contributed by atoms with Gasteiger partial charge < -0.3 is 19.3 Å². The molecule has 40 heavy (non-hydrogen) atoms. The van der Waals surface area contributed by atoms with Gasteiger partial charge in [0.25, 0.3) is 10.0 Å². The third-order valence-electron chi connectivity index (χ3n) is 7.42. The Bertz CT molecular complexity index is 1530. The van der Waals surface area contributed by atoms with Crippen molar-refractivity contribution in [2.45, 2.75) is 11.4 Å². The average molecular weight is 597 g/mol. The zero-order valence-corrected chi connectivity index (χ0v) is 23.6. The number of sulfonamides is 1. The van der Waals surface area contributed by atoms with Crippen molar-refractivity contribution in [3.63, 3.8) is 0 Å². The maximum atomic E-state index is 15.8. The van der Waals surface area contributed by atoms with Crippen LogP contribution in [0.1, 0.15) is 5.56 Å². The second kappa shape index (κ2) is 11.0. The Kier molecular flexibility index (Phi) is 7.77. The Labute approximate surface area is 235 Å². The van der Waals surface area contributed by atoms with Crippen LogP contribution < -0.4 is 18.7 Å². The lowest BCUT2D eigenvalue weighted by atomic mass is 10.0. The second-order valence-electron chi connectivity index (χ2n) is 9.99. The molecular weight excluding hydrogens is 569 g/mol. The van der Waals surface area contributed by atoms with E-state index >= 15 is 8.78 Å². The maximum absolute atomic E-state index is 15.8. The summed E-state index contributed by atoms with van der Waals surface area (Å²) in [5.74, 6) is -2.75. The number of hydrogen-bond donors (Lipinski definition) is 0. The lowest BCUT2D eigenvalue weighted by molar-refractivity contribution is 0.387. The molecule has 0 spiro atoms. The topological polar surface area (TPSA) is 75.2 Å². The first kappa shape index (κ1) is 28.3. The molecule has 2 atom stereocenters. The molecule has 0 aliphatic carbocycles. The molecule has 5 rings (SSSR count). The number of aromatic nitrogens is 1. The third-order valence-corrected chi connectivity index (χ3v) is 9.57. The van der Waals surface area contributed by atoms with Crippen molar-refractivity contribution in [2.75, 3.05) is 56.7 Å². The number of likely N-dealkylation sites (tertiary alicyclic amines) is 1. The molecule has 3 aromatic rings. The smallest absolute Gasteiger partial charge is 0.271 e. The summed E-state index contributed by atoms with van der Waals surface area (Å²) < 4.78 is 84.6. The van der Waals surface area contributed by atoms with Gasteiger partial charge in [0.2, 0.25) is 5.95 Å². The van der Waals surface area contributed by atoms with Crippen molar-refractivity contribution in [1.29, 1.82) is 0 Å². The van der Waals surface area contributed by atoms with Crippen molar-refractivity contribution in [1.82, 2.24) is 9.88 Å². The molecule has 8 nitrogen and oxygen atoms in total. The van der Waals surface area contributed by atoms with E-state index in [1.807, 2.05) is 7.05 Å². The number of hydrogen-bond acceptors (Lipinski definition) is 7. The van der Waals surface area contributed by atoms with E-state index in [2.05, 4.69) is 9.88 Å². The van der Waals surface area contributed by atoms with Crippen molar-refractivity contribution in [2.24, 2.45) is 11.8 Å². The molecule has 0 radical (unpaired) electrons. The van der Waals surface area contributed by atoms with Crippen LogP contribution in [0.25, 0.3) is 0 Å². The fourth-order valence-corrected chi connectivity index (χ4v) is 7.37. The first-order valence-electron chi connectivity index (χ1n) is 12.5. The van der Waals surface area contributed by atoms with Crippen LogP contribution in [0.3, 0.4) is 0 Å². The molecule has 0 N–H and O–H groups in total. The Hall–Kier alpha value is -3.22. The van der Waals surface area contributed by atoms with Gasteiger partial charge in [0.05, 0.1) is 26.5 Å². The van der Waals surface area contributed by atoms with E-state index in [1.54, 1.807) is 11.0 Å². The minimum Gasteiger partial charge on any atom is -0.497 e. The third kappa shape index (κ3) is 5.15. The molecule has 214 valence electrons. The van der Waals surface area contributed by atoms with Gasteiger partial charge in [-0.1, -0.05) is 17.7 Å². The zero-order valence-electron chi connectivity index (χ0n) is 22.1. The first-order chi connectivity index (χ1) is 19.0. The van der Waals surface area contributed by atoms with E-state index in [4.69, 9.17) is 21.1 Å². The Balaban J connectivity index is 1.57. The van der Waals surface area contributed by atoms with Gasteiger partial charge in [-0.3, -0.25) is 0 Å². The van der Waals surface area contributed by atoms with Crippen molar-refractivity contribution < 1.29 is 31.1 Å². The molecule has 2 aromatic carbocycles. The predicted octanol–water partition coefficient (Wildman–Crippen LogP) is 4.56. The molecule has 0 bridgehead atoms. The number of fused-ring (bicyclic) bond motifs is 1. The highest BCUT2D eigenvalue weighted by atomic mass is 35.5. The minimum absolute atomic E-state index is 0.0972. The van der Waals surface area contributed by atoms with Crippen molar-refractivity contribution in [3.05, 3.63) is 70.6 Å². The summed E-state index contributed by atoms with van der Waals surface area (Å²) in [6.45, 7) is 2.35. The Morgan fingerprint density at radius 1 is 1.02 bits per heavy atom. The summed E-state index contributed by atoms with van der Waals surface area (Å²) in [5, 5.41) is -0.498. The maximum Gasteiger partial charge on any atom is 0.271 e. The number of pyridine rings is 1. The van der Waals surface area contributed by atoms with Crippen LogP contribution in [-0.4, -0.2) is 65.7 Å². The number of methoxy groups -OCH3 is 2. The van der Waals surface area contributed by atoms with Gasteiger partial charge >= 0.3 is 0 Å². The first-order valence-corrected chi connectivity index (χ1v) is 14.3. The van der Waals surface area contributed by atoms with Gasteiger partial charge in [0, 0.05) is 43.9 Å². The predicted molar refractivity (Wildman–Crippen MR) is 145 cm³/mol. The molecule has 3 heterocycles. The largest absolute Gasteiger partial charge is 0.497 e. The monoisotopic (exact) mass is 596 g/mol. The number of nitrogens with zero attached hydrogens (tertiary/aromatic N) is 4. The Morgan fingerprint density at radius 2 is 1.73 bits per heavy atom. The summed E-state index contributed by atoms with van der Waals surface area (Å²) >= 11 is 6.37. The van der Waals surface area contributed by atoms with Gasteiger partial charge in [0.15, 0.2) is 10.7 Å². The number of halogens is 4. The molecule has 2 fully saturated rings. The molecule has 13 heteroatoms. The van der Waals surface area contributed by atoms with E-state index in [1.165, 1.54) is 38.5 Å². The SMILES string of the molecule is COc1ccc(CN(c2cccc(F)n2)S(=O)(=O)c2c(F)cc(N3CC4CN(C)CC4C3)c(Cl)c2F)c(OC)c1. The number of anilines is 2. The number of benzene rings is 2. The van der Waals surface area contributed by atoms with E-state index in [9.17, 15) is 12.8 Å².